The van der Waals surface area contributed by atoms with Crippen LogP contribution in [0.15, 0.2) is 24.5 Å². The molecule has 0 bridgehead atoms. The van der Waals surface area contributed by atoms with Crippen molar-refractivity contribution in [3.05, 3.63) is 30.1 Å². The highest BCUT2D eigenvalue weighted by atomic mass is 15.2. The Kier molecular flexibility index (Phi) is 4.93. The maximum absolute atomic E-state index is 7.48. The van der Waals surface area contributed by atoms with Crippen LogP contribution in [0.25, 0.3) is 0 Å². The molecule has 1 unspecified atom stereocenters. The first-order valence-electron chi connectivity index (χ1n) is 5.43. The molecule has 6 N–H and O–H groups in total. The van der Waals surface area contributed by atoms with Crippen molar-refractivity contribution in [2.24, 2.45) is 5.73 Å². The van der Waals surface area contributed by atoms with E-state index in [4.69, 9.17) is 16.6 Å². The first-order valence-corrected chi connectivity index (χ1v) is 5.43. The van der Waals surface area contributed by atoms with Crippen LogP contribution in [0, 0.1) is 10.8 Å². The van der Waals surface area contributed by atoms with Crippen molar-refractivity contribution in [3.8, 4) is 0 Å². The van der Waals surface area contributed by atoms with Gasteiger partial charge >= 0.3 is 0 Å². The van der Waals surface area contributed by atoms with Crippen molar-refractivity contribution in [2.45, 2.75) is 25.8 Å². The van der Waals surface area contributed by atoms with Gasteiger partial charge in [-0.3, -0.25) is 21.1 Å². The van der Waals surface area contributed by atoms with E-state index < -0.39 is 0 Å². The molecule has 6 heteroatoms. The second-order valence-corrected chi connectivity index (χ2v) is 3.85. The summed E-state index contributed by atoms with van der Waals surface area (Å²) in [7, 11) is 0. The number of nitrogens with zero attached hydrogens (tertiary/aromatic N) is 1. The Hall–Kier alpha value is -2.11. The van der Waals surface area contributed by atoms with Crippen molar-refractivity contribution in [2.75, 3.05) is 0 Å². The van der Waals surface area contributed by atoms with Crippen molar-refractivity contribution < 1.29 is 0 Å². The maximum Gasteiger partial charge on any atom is 0.195 e. The molecule has 0 fully saturated rings. The van der Waals surface area contributed by atoms with Gasteiger partial charge in [-0.05, 0) is 37.5 Å². The predicted molar refractivity (Wildman–Crippen MR) is 67.9 cm³/mol. The van der Waals surface area contributed by atoms with E-state index in [-0.39, 0.29) is 18.0 Å². The van der Waals surface area contributed by atoms with Crippen LogP contribution in [-0.4, -0.2) is 22.9 Å². The molecule has 0 spiro atoms. The first-order chi connectivity index (χ1) is 8.08. The minimum atomic E-state index is -0.233. The Labute approximate surface area is 101 Å². The van der Waals surface area contributed by atoms with Crippen LogP contribution in [-0.2, 0) is 6.42 Å². The molecule has 0 aliphatic heterocycles. The van der Waals surface area contributed by atoms with Crippen molar-refractivity contribution in [3.63, 3.8) is 0 Å². The Morgan fingerprint density at radius 1 is 1.41 bits per heavy atom. The summed E-state index contributed by atoms with van der Waals surface area (Å²) < 4.78 is 0. The third kappa shape index (κ3) is 5.50. The van der Waals surface area contributed by atoms with Crippen molar-refractivity contribution in [1.29, 1.82) is 10.8 Å². The minimum absolute atomic E-state index is 0.0553. The molecule has 0 radical (unpaired) electrons. The summed E-state index contributed by atoms with van der Waals surface area (Å²) in [5.41, 5.74) is 6.34. The molecule has 0 aromatic carbocycles. The first kappa shape index (κ1) is 13.0. The third-order valence-electron chi connectivity index (χ3n) is 2.27. The van der Waals surface area contributed by atoms with Crippen LogP contribution in [0.3, 0.4) is 0 Å². The quantitative estimate of drug-likeness (QED) is 0.384. The largest absolute Gasteiger partial charge is 0.370 e. The van der Waals surface area contributed by atoms with Gasteiger partial charge in [-0.25, -0.2) is 0 Å². The van der Waals surface area contributed by atoms with Crippen LogP contribution < -0.4 is 16.4 Å². The summed E-state index contributed by atoms with van der Waals surface area (Å²) in [6.45, 7) is 1.98. The zero-order valence-electron chi connectivity index (χ0n) is 9.83. The third-order valence-corrected chi connectivity index (χ3v) is 2.27. The molecule has 0 saturated carbocycles. The molecule has 92 valence electrons. The topological polar surface area (TPSA) is 111 Å². The molecule has 1 aromatic heterocycles. The summed E-state index contributed by atoms with van der Waals surface area (Å²) in [5, 5.41) is 19.8. The average molecular weight is 234 g/mol. The lowest BCUT2D eigenvalue weighted by molar-refractivity contribution is 0.598. The highest BCUT2D eigenvalue weighted by Gasteiger charge is 2.04. The monoisotopic (exact) mass is 234 g/mol. The van der Waals surface area contributed by atoms with Gasteiger partial charge in [0.25, 0.3) is 0 Å². The molecule has 1 heterocycles. The molecule has 6 nitrogen and oxygen atoms in total. The molecular formula is C11H18N6. The molecule has 0 saturated heterocycles. The summed E-state index contributed by atoms with van der Waals surface area (Å²) in [6, 6.07) is 4.10. The van der Waals surface area contributed by atoms with Gasteiger partial charge < -0.3 is 11.1 Å². The molecule has 1 aromatic rings. The fourth-order valence-corrected chi connectivity index (χ4v) is 1.42. The molecule has 0 aliphatic carbocycles. The van der Waals surface area contributed by atoms with Gasteiger partial charge in [-0.1, -0.05) is 0 Å². The summed E-state index contributed by atoms with van der Waals surface area (Å²) in [6.07, 6.45) is 5.36. The Balaban J connectivity index is 2.28. The highest BCUT2D eigenvalue weighted by molar-refractivity contribution is 5.94. The minimum Gasteiger partial charge on any atom is -0.370 e. The lowest BCUT2D eigenvalue weighted by atomic mass is 10.1. The number of nitrogens with one attached hydrogen (secondary N) is 4. The molecule has 1 rings (SSSR count). The molecular weight excluding hydrogens is 216 g/mol. The molecule has 1 atom stereocenters. The summed E-state index contributed by atoms with van der Waals surface area (Å²) >= 11 is 0. The van der Waals surface area contributed by atoms with Gasteiger partial charge in [-0.2, -0.15) is 0 Å². The van der Waals surface area contributed by atoms with E-state index in [9.17, 15) is 0 Å². The van der Waals surface area contributed by atoms with E-state index in [1.165, 1.54) is 5.56 Å². The Morgan fingerprint density at radius 3 is 2.65 bits per heavy atom. The normalized spacial score (nSPS) is 11.6. The Bertz CT molecular complexity index is 375. The SMILES string of the molecule is CC(CCc1ccncc1)NC(=N)NC(=N)N. The van der Waals surface area contributed by atoms with Crippen molar-refractivity contribution in [1.82, 2.24) is 15.6 Å². The van der Waals surface area contributed by atoms with Gasteiger partial charge in [-0.15, -0.1) is 0 Å². The lowest BCUT2D eigenvalue weighted by Crippen LogP contribution is -2.46. The van der Waals surface area contributed by atoms with Gasteiger partial charge in [0.2, 0.25) is 0 Å². The van der Waals surface area contributed by atoms with Crippen LogP contribution in [0.2, 0.25) is 0 Å². The van der Waals surface area contributed by atoms with E-state index in [1.807, 2.05) is 19.1 Å². The second-order valence-electron chi connectivity index (χ2n) is 3.85. The number of rotatable bonds is 4. The number of hydrogen-bond acceptors (Lipinski definition) is 3. The lowest BCUT2D eigenvalue weighted by Gasteiger charge is -2.16. The van der Waals surface area contributed by atoms with Gasteiger partial charge in [0.05, 0.1) is 0 Å². The van der Waals surface area contributed by atoms with E-state index in [0.717, 1.165) is 12.8 Å². The van der Waals surface area contributed by atoms with Crippen LogP contribution in [0.5, 0.6) is 0 Å². The number of guanidine groups is 2. The summed E-state index contributed by atoms with van der Waals surface area (Å²) in [4.78, 5) is 3.96. The molecule has 0 amide bonds. The zero-order valence-corrected chi connectivity index (χ0v) is 9.83. The van der Waals surface area contributed by atoms with E-state index >= 15 is 0 Å². The molecule has 0 aliphatic rings. The Morgan fingerprint density at radius 2 is 2.06 bits per heavy atom. The van der Waals surface area contributed by atoms with Gasteiger partial charge in [0.15, 0.2) is 11.9 Å². The second kappa shape index (κ2) is 6.47. The summed E-state index contributed by atoms with van der Waals surface area (Å²) in [5.74, 6) is -0.177. The highest BCUT2D eigenvalue weighted by Crippen LogP contribution is 2.03. The number of nitrogens with two attached hydrogens (primary N) is 1. The van der Waals surface area contributed by atoms with Crippen molar-refractivity contribution >= 4 is 11.9 Å². The van der Waals surface area contributed by atoms with E-state index in [1.54, 1.807) is 12.4 Å². The van der Waals surface area contributed by atoms with Gasteiger partial charge in [0, 0.05) is 18.4 Å². The average Bonchev–Trinajstić information content (AvgIpc) is 2.26. The van der Waals surface area contributed by atoms with Gasteiger partial charge in [0.1, 0.15) is 0 Å². The van der Waals surface area contributed by atoms with Crippen LogP contribution in [0.4, 0.5) is 0 Å². The number of pyridine rings is 1. The fourth-order valence-electron chi connectivity index (χ4n) is 1.42. The number of hydrogen-bond donors (Lipinski definition) is 5. The van der Waals surface area contributed by atoms with E-state index in [2.05, 4.69) is 15.6 Å². The van der Waals surface area contributed by atoms with Crippen LogP contribution >= 0.6 is 0 Å². The number of aromatic nitrogens is 1. The smallest absolute Gasteiger partial charge is 0.195 e. The van der Waals surface area contributed by atoms with Crippen LogP contribution in [0.1, 0.15) is 18.9 Å². The number of aryl methyl sites for hydroxylation is 1. The van der Waals surface area contributed by atoms with E-state index in [0.29, 0.717) is 0 Å². The predicted octanol–water partition coefficient (Wildman–Crippen LogP) is 0.410. The maximum atomic E-state index is 7.48. The zero-order chi connectivity index (χ0) is 12.7. The molecule has 17 heavy (non-hydrogen) atoms. The fraction of sp³-hybridized carbons (Fsp3) is 0.364. The standard InChI is InChI=1S/C11H18N6/c1-8(16-11(14)17-10(12)13)2-3-9-4-6-15-7-5-9/h4-8H,2-3H2,1H3,(H6,12,13,14,16,17).